The van der Waals surface area contributed by atoms with Gasteiger partial charge in [-0.1, -0.05) is 27.7 Å². The summed E-state index contributed by atoms with van der Waals surface area (Å²) in [5, 5.41) is 7.93. The zero-order valence-corrected chi connectivity index (χ0v) is 13.2. The fourth-order valence-corrected chi connectivity index (χ4v) is 2.39. The SMILES string of the molecule is CCN(CC)CCn1cc(NC(C)CC(C)C)cn1. The minimum absolute atomic E-state index is 0.500. The second-order valence-electron chi connectivity index (χ2n) is 5.69. The molecule has 0 spiro atoms. The molecule has 0 aliphatic heterocycles. The molecule has 0 aliphatic carbocycles. The Labute approximate surface area is 118 Å². The van der Waals surface area contributed by atoms with Gasteiger partial charge in [-0.25, -0.2) is 0 Å². The summed E-state index contributed by atoms with van der Waals surface area (Å²) in [6, 6.07) is 0.500. The van der Waals surface area contributed by atoms with Crippen molar-refractivity contribution in [1.82, 2.24) is 14.7 Å². The van der Waals surface area contributed by atoms with E-state index in [1.54, 1.807) is 0 Å². The lowest BCUT2D eigenvalue weighted by Crippen LogP contribution is -2.27. The number of nitrogens with one attached hydrogen (secondary N) is 1. The molecule has 0 saturated carbocycles. The highest BCUT2D eigenvalue weighted by Crippen LogP contribution is 2.12. The Morgan fingerprint density at radius 3 is 2.53 bits per heavy atom. The quantitative estimate of drug-likeness (QED) is 0.745. The number of nitrogens with zero attached hydrogens (tertiary/aromatic N) is 3. The first-order valence-electron chi connectivity index (χ1n) is 7.56. The molecule has 1 aromatic heterocycles. The van der Waals surface area contributed by atoms with E-state index >= 15 is 0 Å². The van der Waals surface area contributed by atoms with Gasteiger partial charge >= 0.3 is 0 Å². The van der Waals surface area contributed by atoms with Crippen molar-refractivity contribution < 1.29 is 0 Å². The first-order valence-corrected chi connectivity index (χ1v) is 7.56. The molecule has 110 valence electrons. The Morgan fingerprint density at radius 2 is 1.95 bits per heavy atom. The van der Waals surface area contributed by atoms with E-state index < -0.39 is 0 Å². The Kier molecular flexibility index (Phi) is 6.92. The van der Waals surface area contributed by atoms with Gasteiger partial charge in [0.1, 0.15) is 0 Å². The van der Waals surface area contributed by atoms with E-state index in [0.717, 1.165) is 37.8 Å². The van der Waals surface area contributed by atoms with Gasteiger partial charge < -0.3 is 10.2 Å². The third-order valence-electron chi connectivity index (χ3n) is 3.41. The summed E-state index contributed by atoms with van der Waals surface area (Å²) < 4.78 is 2.03. The summed E-state index contributed by atoms with van der Waals surface area (Å²) in [5.41, 5.74) is 1.13. The largest absolute Gasteiger partial charge is 0.380 e. The van der Waals surface area contributed by atoms with Crippen molar-refractivity contribution in [3.8, 4) is 0 Å². The van der Waals surface area contributed by atoms with E-state index in [9.17, 15) is 0 Å². The molecule has 0 bridgehead atoms. The minimum Gasteiger partial charge on any atom is -0.380 e. The predicted octanol–water partition coefficient (Wildman–Crippen LogP) is 3.07. The van der Waals surface area contributed by atoms with Gasteiger partial charge in [0.25, 0.3) is 0 Å². The molecule has 1 unspecified atom stereocenters. The maximum Gasteiger partial charge on any atom is 0.0728 e. The Balaban J connectivity index is 2.39. The molecule has 1 heterocycles. The Hall–Kier alpha value is -1.03. The maximum absolute atomic E-state index is 4.42. The van der Waals surface area contributed by atoms with Crippen molar-refractivity contribution in [2.24, 2.45) is 5.92 Å². The van der Waals surface area contributed by atoms with Crippen LogP contribution in [0.3, 0.4) is 0 Å². The molecule has 0 aromatic carbocycles. The molecule has 1 aromatic rings. The van der Waals surface area contributed by atoms with Crippen molar-refractivity contribution in [2.45, 2.75) is 53.6 Å². The molecule has 4 heteroatoms. The maximum atomic E-state index is 4.42. The van der Waals surface area contributed by atoms with Gasteiger partial charge in [0.2, 0.25) is 0 Å². The lowest BCUT2D eigenvalue weighted by Gasteiger charge is -2.17. The molecular weight excluding hydrogens is 236 g/mol. The monoisotopic (exact) mass is 266 g/mol. The number of likely N-dealkylation sites (N-methyl/N-ethyl adjacent to an activating group) is 1. The van der Waals surface area contributed by atoms with Crippen LogP contribution in [-0.4, -0.2) is 40.4 Å². The van der Waals surface area contributed by atoms with Crippen LogP contribution < -0.4 is 5.32 Å². The summed E-state index contributed by atoms with van der Waals surface area (Å²) in [6.07, 6.45) is 5.23. The molecule has 1 rings (SSSR count). The molecule has 4 nitrogen and oxygen atoms in total. The molecule has 0 fully saturated rings. The molecule has 0 radical (unpaired) electrons. The van der Waals surface area contributed by atoms with Crippen LogP contribution in [0.15, 0.2) is 12.4 Å². The van der Waals surface area contributed by atoms with Crippen LogP contribution in [0.2, 0.25) is 0 Å². The van der Waals surface area contributed by atoms with Crippen molar-refractivity contribution in [1.29, 1.82) is 0 Å². The lowest BCUT2D eigenvalue weighted by atomic mass is 10.1. The predicted molar refractivity (Wildman–Crippen MR) is 82.6 cm³/mol. The fourth-order valence-electron chi connectivity index (χ4n) is 2.39. The summed E-state index contributed by atoms with van der Waals surface area (Å²) >= 11 is 0. The number of hydrogen-bond acceptors (Lipinski definition) is 3. The fraction of sp³-hybridized carbons (Fsp3) is 0.800. The zero-order chi connectivity index (χ0) is 14.3. The van der Waals surface area contributed by atoms with Crippen LogP contribution in [0.25, 0.3) is 0 Å². The molecule has 1 N–H and O–H groups in total. The first-order chi connectivity index (χ1) is 9.05. The van der Waals surface area contributed by atoms with Crippen LogP contribution in [0.1, 0.15) is 41.0 Å². The standard InChI is InChI=1S/C15H30N4/c1-6-18(7-2)8-9-19-12-15(11-16-19)17-14(5)10-13(3)4/h11-14,17H,6-10H2,1-5H3. The normalized spacial score (nSPS) is 13.2. The zero-order valence-electron chi connectivity index (χ0n) is 13.2. The number of hydrogen-bond donors (Lipinski definition) is 1. The van der Waals surface area contributed by atoms with Gasteiger partial charge in [0, 0.05) is 18.8 Å². The summed E-state index contributed by atoms with van der Waals surface area (Å²) in [5.74, 6) is 0.722. The highest BCUT2D eigenvalue weighted by Gasteiger charge is 2.07. The first kappa shape index (κ1) is 16.0. The van der Waals surface area contributed by atoms with Crippen LogP contribution in [0.5, 0.6) is 0 Å². The molecule has 19 heavy (non-hydrogen) atoms. The van der Waals surface area contributed by atoms with Gasteiger partial charge in [-0.05, 0) is 32.4 Å². The van der Waals surface area contributed by atoms with E-state index in [1.165, 1.54) is 6.42 Å². The van der Waals surface area contributed by atoms with E-state index in [-0.39, 0.29) is 0 Å². The van der Waals surface area contributed by atoms with Crippen molar-refractivity contribution >= 4 is 5.69 Å². The molecule has 0 saturated heterocycles. The average molecular weight is 266 g/mol. The van der Waals surface area contributed by atoms with Gasteiger partial charge in [-0.15, -0.1) is 0 Å². The van der Waals surface area contributed by atoms with E-state index in [0.29, 0.717) is 6.04 Å². The Bertz CT molecular complexity index is 342. The average Bonchev–Trinajstić information content (AvgIpc) is 2.77. The molecule has 0 aliphatic rings. The molecule has 1 atom stereocenters. The van der Waals surface area contributed by atoms with E-state index in [2.05, 4.69) is 56.1 Å². The molecular formula is C15H30N4. The van der Waals surface area contributed by atoms with Crippen molar-refractivity contribution in [3.05, 3.63) is 12.4 Å². The minimum atomic E-state index is 0.500. The Morgan fingerprint density at radius 1 is 1.26 bits per heavy atom. The van der Waals surface area contributed by atoms with Crippen LogP contribution in [0, 0.1) is 5.92 Å². The van der Waals surface area contributed by atoms with Gasteiger partial charge in [-0.2, -0.15) is 5.10 Å². The summed E-state index contributed by atoms with van der Waals surface area (Å²) in [7, 11) is 0. The second-order valence-corrected chi connectivity index (χ2v) is 5.69. The number of rotatable bonds is 9. The van der Waals surface area contributed by atoms with Gasteiger partial charge in [0.15, 0.2) is 0 Å². The molecule has 0 amide bonds. The number of anilines is 1. The smallest absolute Gasteiger partial charge is 0.0728 e. The van der Waals surface area contributed by atoms with E-state index in [1.807, 2.05) is 10.9 Å². The third-order valence-corrected chi connectivity index (χ3v) is 3.41. The van der Waals surface area contributed by atoms with Crippen LogP contribution >= 0.6 is 0 Å². The second kappa shape index (κ2) is 8.20. The van der Waals surface area contributed by atoms with Crippen LogP contribution in [-0.2, 0) is 6.54 Å². The van der Waals surface area contributed by atoms with Crippen LogP contribution in [0.4, 0.5) is 5.69 Å². The number of aromatic nitrogens is 2. The van der Waals surface area contributed by atoms with Gasteiger partial charge in [0.05, 0.1) is 18.4 Å². The van der Waals surface area contributed by atoms with Crippen molar-refractivity contribution in [3.63, 3.8) is 0 Å². The lowest BCUT2D eigenvalue weighted by molar-refractivity contribution is 0.285. The topological polar surface area (TPSA) is 33.1 Å². The highest BCUT2D eigenvalue weighted by molar-refractivity contribution is 5.39. The third kappa shape index (κ3) is 6.10. The summed E-state index contributed by atoms with van der Waals surface area (Å²) in [4.78, 5) is 2.41. The van der Waals surface area contributed by atoms with Crippen molar-refractivity contribution in [2.75, 3.05) is 25.0 Å². The highest BCUT2D eigenvalue weighted by atomic mass is 15.3. The van der Waals surface area contributed by atoms with Gasteiger partial charge in [-0.3, -0.25) is 4.68 Å². The van der Waals surface area contributed by atoms with E-state index in [4.69, 9.17) is 0 Å². The summed E-state index contributed by atoms with van der Waals surface area (Å²) in [6.45, 7) is 15.4.